The lowest BCUT2D eigenvalue weighted by Crippen LogP contribution is -2.31. The molecule has 124 valence electrons. The van der Waals surface area contributed by atoms with Crippen LogP contribution in [0.15, 0.2) is 35.4 Å². The summed E-state index contributed by atoms with van der Waals surface area (Å²) in [4.78, 5) is 31.3. The first-order chi connectivity index (χ1) is 11.4. The lowest BCUT2D eigenvalue weighted by molar-refractivity contribution is -0.118. The van der Waals surface area contributed by atoms with Gasteiger partial charge in [-0.1, -0.05) is 23.7 Å². The van der Waals surface area contributed by atoms with Crippen molar-refractivity contribution in [3.63, 3.8) is 0 Å². The first kappa shape index (κ1) is 16.7. The number of carbonyl (C=O) groups is 1. The van der Waals surface area contributed by atoms with Crippen molar-refractivity contribution in [2.75, 3.05) is 5.32 Å². The highest BCUT2D eigenvalue weighted by Gasteiger charge is 2.20. The topological polar surface area (TPSA) is 64.0 Å². The lowest BCUT2D eigenvalue weighted by atomic mass is 10.2. The van der Waals surface area contributed by atoms with Crippen molar-refractivity contribution < 1.29 is 4.79 Å². The molecule has 5 nitrogen and oxygen atoms in total. The summed E-state index contributed by atoms with van der Waals surface area (Å²) in [5, 5.41) is 3.78. The maximum atomic E-state index is 12.8. The van der Waals surface area contributed by atoms with E-state index in [2.05, 4.69) is 10.3 Å². The van der Waals surface area contributed by atoms with Gasteiger partial charge in [0.15, 0.2) is 0 Å². The molecule has 0 fully saturated rings. The van der Waals surface area contributed by atoms with Crippen molar-refractivity contribution in [3.8, 4) is 0 Å². The van der Waals surface area contributed by atoms with Gasteiger partial charge in [-0.3, -0.25) is 14.2 Å². The molecular formula is C17H16ClN3O2S. The molecule has 0 aliphatic rings. The molecule has 0 aliphatic carbocycles. The van der Waals surface area contributed by atoms with Crippen LogP contribution in [0.2, 0.25) is 5.02 Å². The monoisotopic (exact) mass is 361 g/mol. The fourth-order valence-electron chi connectivity index (χ4n) is 2.45. The molecule has 3 aromatic rings. The van der Waals surface area contributed by atoms with Gasteiger partial charge >= 0.3 is 0 Å². The molecule has 0 saturated heterocycles. The zero-order chi connectivity index (χ0) is 17.4. The third-order valence-electron chi connectivity index (χ3n) is 4.04. The molecule has 1 aromatic carbocycles. The average Bonchev–Trinajstić information content (AvgIpc) is 2.84. The van der Waals surface area contributed by atoms with Gasteiger partial charge in [0, 0.05) is 4.88 Å². The Hall–Kier alpha value is -2.18. The Balaban J connectivity index is 1.96. The van der Waals surface area contributed by atoms with E-state index in [0.717, 1.165) is 10.4 Å². The third-order valence-corrected chi connectivity index (χ3v) is 5.49. The number of aryl methyl sites for hydroxylation is 2. The molecule has 2 heterocycles. The van der Waals surface area contributed by atoms with Crippen molar-refractivity contribution in [3.05, 3.63) is 56.4 Å². The van der Waals surface area contributed by atoms with E-state index >= 15 is 0 Å². The van der Waals surface area contributed by atoms with E-state index in [1.54, 1.807) is 31.2 Å². The predicted octanol–water partition coefficient (Wildman–Crippen LogP) is 3.93. The molecule has 1 amide bonds. The number of aromatic nitrogens is 2. The van der Waals surface area contributed by atoms with Crippen LogP contribution >= 0.6 is 22.9 Å². The molecule has 24 heavy (non-hydrogen) atoms. The van der Waals surface area contributed by atoms with E-state index in [1.165, 1.54) is 22.2 Å². The van der Waals surface area contributed by atoms with Gasteiger partial charge in [-0.2, -0.15) is 0 Å². The number of carbonyl (C=O) groups excluding carboxylic acids is 1. The molecule has 0 spiro atoms. The van der Waals surface area contributed by atoms with E-state index in [1.807, 2.05) is 13.8 Å². The molecule has 0 saturated carbocycles. The molecule has 2 aromatic heterocycles. The van der Waals surface area contributed by atoms with Crippen molar-refractivity contribution in [2.24, 2.45) is 0 Å². The number of rotatable bonds is 3. The standard InChI is InChI=1S/C17H16ClN3O2S/c1-9-11(3)24-16-14(9)17(23)21(8-19-16)10(2)15(22)20-13-7-5-4-6-12(13)18/h4-8,10H,1-3H3,(H,20,22). The Bertz CT molecular complexity index is 993. The van der Waals surface area contributed by atoms with Crippen LogP contribution in [0.4, 0.5) is 5.69 Å². The third kappa shape index (κ3) is 2.83. The summed E-state index contributed by atoms with van der Waals surface area (Å²) in [7, 11) is 0. The summed E-state index contributed by atoms with van der Waals surface area (Å²) < 4.78 is 1.35. The fourth-order valence-corrected chi connectivity index (χ4v) is 3.62. The second-order valence-electron chi connectivity index (χ2n) is 5.57. The Morgan fingerprint density at radius 3 is 2.75 bits per heavy atom. The summed E-state index contributed by atoms with van der Waals surface area (Å²) >= 11 is 7.54. The number of amides is 1. The number of halogens is 1. The predicted molar refractivity (Wildman–Crippen MR) is 98.1 cm³/mol. The smallest absolute Gasteiger partial charge is 0.263 e. The highest BCUT2D eigenvalue weighted by atomic mass is 35.5. The summed E-state index contributed by atoms with van der Waals surface area (Å²) in [6, 6.07) is 6.27. The summed E-state index contributed by atoms with van der Waals surface area (Å²) in [5.74, 6) is -0.323. The molecular weight excluding hydrogens is 346 g/mol. The van der Waals surface area contributed by atoms with Gasteiger partial charge in [-0.05, 0) is 38.5 Å². The van der Waals surface area contributed by atoms with E-state index in [4.69, 9.17) is 11.6 Å². The number of nitrogens with one attached hydrogen (secondary N) is 1. The Labute approximate surface area is 147 Å². The molecule has 0 bridgehead atoms. The number of hydrogen-bond acceptors (Lipinski definition) is 4. The Morgan fingerprint density at radius 2 is 2.04 bits per heavy atom. The van der Waals surface area contributed by atoms with Gasteiger partial charge in [0.25, 0.3) is 5.56 Å². The number of thiophene rings is 1. The summed E-state index contributed by atoms with van der Waals surface area (Å²) in [6.45, 7) is 5.52. The van der Waals surface area contributed by atoms with Crippen molar-refractivity contribution in [2.45, 2.75) is 26.8 Å². The second-order valence-corrected chi connectivity index (χ2v) is 7.18. The SMILES string of the molecule is Cc1sc2ncn(C(C)C(=O)Nc3ccccc3Cl)c(=O)c2c1C. The van der Waals surface area contributed by atoms with Gasteiger partial charge < -0.3 is 5.32 Å². The zero-order valence-corrected chi connectivity index (χ0v) is 15.0. The van der Waals surface area contributed by atoms with Gasteiger partial charge in [-0.25, -0.2) is 4.98 Å². The molecule has 1 N–H and O–H groups in total. The normalized spacial score (nSPS) is 12.3. The first-order valence-electron chi connectivity index (χ1n) is 7.42. The van der Waals surface area contributed by atoms with Gasteiger partial charge in [0.05, 0.1) is 22.4 Å². The van der Waals surface area contributed by atoms with Crippen LogP contribution in [0, 0.1) is 13.8 Å². The van der Waals surface area contributed by atoms with E-state index in [-0.39, 0.29) is 11.5 Å². The Kier molecular flexibility index (Phi) is 4.43. The number of anilines is 1. The number of benzene rings is 1. The minimum atomic E-state index is -0.703. The number of nitrogens with zero attached hydrogens (tertiary/aromatic N) is 2. The maximum absolute atomic E-state index is 12.8. The van der Waals surface area contributed by atoms with Crippen LogP contribution in [-0.4, -0.2) is 15.5 Å². The van der Waals surface area contributed by atoms with Crippen LogP contribution < -0.4 is 10.9 Å². The van der Waals surface area contributed by atoms with Crippen molar-refractivity contribution in [1.29, 1.82) is 0 Å². The highest BCUT2D eigenvalue weighted by Crippen LogP contribution is 2.26. The fraction of sp³-hybridized carbons (Fsp3) is 0.235. The minimum absolute atomic E-state index is 0.205. The number of para-hydroxylation sites is 1. The van der Waals surface area contributed by atoms with Crippen LogP contribution in [0.1, 0.15) is 23.4 Å². The van der Waals surface area contributed by atoms with Crippen LogP contribution in [0.5, 0.6) is 0 Å². The second kappa shape index (κ2) is 6.37. The quantitative estimate of drug-likeness (QED) is 0.768. The first-order valence-corrected chi connectivity index (χ1v) is 8.62. The van der Waals surface area contributed by atoms with E-state index in [0.29, 0.717) is 20.9 Å². The van der Waals surface area contributed by atoms with E-state index in [9.17, 15) is 9.59 Å². The Morgan fingerprint density at radius 1 is 1.33 bits per heavy atom. The van der Waals surface area contributed by atoms with Crippen molar-refractivity contribution in [1.82, 2.24) is 9.55 Å². The minimum Gasteiger partial charge on any atom is -0.323 e. The number of fused-ring (bicyclic) bond motifs is 1. The largest absolute Gasteiger partial charge is 0.323 e. The van der Waals surface area contributed by atoms with Crippen LogP contribution in [0.3, 0.4) is 0 Å². The van der Waals surface area contributed by atoms with Gasteiger partial charge in [-0.15, -0.1) is 11.3 Å². The lowest BCUT2D eigenvalue weighted by Gasteiger charge is -2.15. The molecule has 0 aliphatic heterocycles. The molecule has 3 rings (SSSR count). The molecule has 1 atom stereocenters. The van der Waals surface area contributed by atoms with Gasteiger partial charge in [0.1, 0.15) is 10.9 Å². The zero-order valence-electron chi connectivity index (χ0n) is 13.5. The van der Waals surface area contributed by atoms with Crippen LogP contribution in [-0.2, 0) is 4.79 Å². The summed E-state index contributed by atoms with van der Waals surface area (Å²) in [6.07, 6.45) is 1.43. The van der Waals surface area contributed by atoms with Crippen molar-refractivity contribution >= 4 is 44.7 Å². The number of hydrogen-bond donors (Lipinski definition) is 1. The highest BCUT2D eigenvalue weighted by molar-refractivity contribution is 7.18. The summed E-state index contributed by atoms with van der Waals surface area (Å²) in [5.41, 5.74) is 1.23. The molecule has 7 heteroatoms. The molecule has 0 radical (unpaired) electrons. The van der Waals surface area contributed by atoms with Gasteiger partial charge in [0.2, 0.25) is 5.91 Å². The van der Waals surface area contributed by atoms with E-state index < -0.39 is 6.04 Å². The maximum Gasteiger partial charge on any atom is 0.263 e. The van der Waals surface area contributed by atoms with Crippen LogP contribution in [0.25, 0.3) is 10.2 Å². The average molecular weight is 362 g/mol. The molecule has 1 unspecified atom stereocenters.